The van der Waals surface area contributed by atoms with E-state index in [1.54, 1.807) is 6.92 Å². The largest absolute Gasteiger partial charge is 0.478 e. The molecule has 1 aromatic carbocycles. The van der Waals surface area contributed by atoms with Crippen LogP contribution in [0.4, 0.5) is 8.78 Å². The SMILES string of the molecule is Cc1cc(C(=O)O)c2cc(F)c(F)cc2n1. The van der Waals surface area contributed by atoms with Crippen molar-refractivity contribution >= 4 is 16.9 Å². The van der Waals surface area contributed by atoms with E-state index in [2.05, 4.69) is 4.98 Å². The van der Waals surface area contributed by atoms with Crippen molar-refractivity contribution in [3.8, 4) is 0 Å². The van der Waals surface area contributed by atoms with Gasteiger partial charge >= 0.3 is 5.97 Å². The number of aromatic carboxylic acids is 1. The topological polar surface area (TPSA) is 50.2 Å². The van der Waals surface area contributed by atoms with E-state index in [4.69, 9.17) is 5.11 Å². The number of aryl methyl sites for hydroxylation is 1. The first-order chi connectivity index (χ1) is 7.49. The molecular weight excluding hydrogens is 216 g/mol. The zero-order valence-corrected chi connectivity index (χ0v) is 8.29. The van der Waals surface area contributed by atoms with Gasteiger partial charge < -0.3 is 5.11 Å². The van der Waals surface area contributed by atoms with Crippen LogP contribution in [0.2, 0.25) is 0 Å². The zero-order valence-electron chi connectivity index (χ0n) is 8.29. The van der Waals surface area contributed by atoms with Gasteiger partial charge in [-0.2, -0.15) is 0 Å². The number of nitrogens with zero attached hydrogens (tertiary/aromatic N) is 1. The third-order valence-corrected chi connectivity index (χ3v) is 2.21. The number of pyridine rings is 1. The molecule has 2 aromatic rings. The van der Waals surface area contributed by atoms with E-state index in [-0.39, 0.29) is 16.5 Å². The Hall–Kier alpha value is -2.04. The number of rotatable bonds is 1. The molecule has 16 heavy (non-hydrogen) atoms. The molecule has 2 rings (SSSR count). The minimum absolute atomic E-state index is 0.0820. The Bertz CT molecular complexity index is 596. The second-order valence-electron chi connectivity index (χ2n) is 3.40. The average Bonchev–Trinajstić information content (AvgIpc) is 2.19. The minimum Gasteiger partial charge on any atom is -0.478 e. The highest BCUT2D eigenvalue weighted by Crippen LogP contribution is 2.21. The lowest BCUT2D eigenvalue weighted by Crippen LogP contribution is -2.01. The molecule has 1 aromatic heterocycles. The van der Waals surface area contributed by atoms with E-state index in [0.717, 1.165) is 12.1 Å². The van der Waals surface area contributed by atoms with Crippen LogP contribution in [0.3, 0.4) is 0 Å². The third kappa shape index (κ3) is 1.60. The molecule has 0 saturated heterocycles. The Morgan fingerprint density at radius 2 is 1.88 bits per heavy atom. The number of hydrogen-bond acceptors (Lipinski definition) is 2. The van der Waals surface area contributed by atoms with Gasteiger partial charge in [-0.3, -0.25) is 4.98 Å². The van der Waals surface area contributed by atoms with Crippen molar-refractivity contribution in [3.05, 3.63) is 41.1 Å². The first kappa shape index (κ1) is 10.5. The summed E-state index contributed by atoms with van der Waals surface area (Å²) in [6.45, 7) is 1.59. The highest BCUT2D eigenvalue weighted by atomic mass is 19.2. The summed E-state index contributed by atoms with van der Waals surface area (Å²) >= 11 is 0. The van der Waals surface area contributed by atoms with Gasteiger partial charge in [-0.05, 0) is 19.1 Å². The summed E-state index contributed by atoms with van der Waals surface area (Å²) in [5.41, 5.74) is 0.494. The molecule has 0 radical (unpaired) electrons. The summed E-state index contributed by atoms with van der Waals surface area (Å²) in [5.74, 6) is -3.32. The standard InChI is InChI=1S/C11H7F2NO2/c1-5-2-7(11(15)16)6-3-8(12)9(13)4-10(6)14-5/h2-4H,1H3,(H,15,16). The van der Waals surface area contributed by atoms with Crippen LogP contribution in [0.1, 0.15) is 16.1 Å². The number of benzene rings is 1. The summed E-state index contributed by atoms with van der Waals surface area (Å²) in [6, 6.07) is 3.06. The van der Waals surface area contributed by atoms with E-state index in [9.17, 15) is 13.6 Å². The van der Waals surface area contributed by atoms with Crippen LogP contribution in [0.15, 0.2) is 18.2 Å². The second-order valence-corrected chi connectivity index (χ2v) is 3.40. The normalized spacial score (nSPS) is 10.7. The molecule has 0 bridgehead atoms. The molecule has 1 heterocycles. The maximum atomic E-state index is 13.0. The van der Waals surface area contributed by atoms with Crippen molar-refractivity contribution in [2.24, 2.45) is 0 Å². The molecule has 0 aliphatic heterocycles. The average molecular weight is 223 g/mol. The number of halogens is 2. The van der Waals surface area contributed by atoms with Crippen LogP contribution in [0, 0.1) is 18.6 Å². The van der Waals surface area contributed by atoms with Crippen molar-refractivity contribution in [3.63, 3.8) is 0 Å². The number of fused-ring (bicyclic) bond motifs is 1. The minimum atomic E-state index is -1.19. The number of hydrogen-bond donors (Lipinski definition) is 1. The van der Waals surface area contributed by atoms with Gasteiger partial charge in [-0.1, -0.05) is 0 Å². The zero-order chi connectivity index (χ0) is 11.9. The number of carboxylic acid groups (broad SMARTS) is 1. The fourth-order valence-corrected chi connectivity index (χ4v) is 1.53. The van der Waals surface area contributed by atoms with Crippen molar-refractivity contribution in [1.82, 2.24) is 4.98 Å². The van der Waals surface area contributed by atoms with Crippen molar-refractivity contribution in [1.29, 1.82) is 0 Å². The van der Waals surface area contributed by atoms with Gasteiger partial charge in [0.1, 0.15) is 0 Å². The number of carboxylic acids is 1. The fourth-order valence-electron chi connectivity index (χ4n) is 1.53. The lowest BCUT2D eigenvalue weighted by atomic mass is 10.1. The van der Waals surface area contributed by atoms with Gasteiger partial charge in [0, 0.05) is 17.1 Å². The van der Waals surface area contributed by atoms with Crippen LogP contribution in [-0.4, -0.2) is 16.1 Å². The molecule has 3 nitrogen and oxygen atoms in total. The molecule has 0 aliphatic rings. The molecule has 5 heteroatoms. The smallest absolute Gasteiger partial charge is 0.336 e. The molecule has 0 saturated carbocycles. The van der Waals surface area contributed by atoms with Crippen LogP contribution < -0.4 is 0 Å². The van der Waals surface area contributed by atoms with Crippen molar-refractivity contribution in [2.45, 2.75) is 6.92 Å². The summed E-state index contributed by atoms with van der Waals surface area (Å²) in [5, 5.41) is 9.02. The van der Waals surface area contributed by atoms with E-state index >= 15 is 0 Å². The number of aromatic nitrogens is 1. The van der Waals surface area contributed by atoms with Gasteiger partial charge in [0.2, 0.25) is 0 Å². The van der Waals surface area contributed by atoms with Gasteiger partial charge in [-0.25, -0.2) is 13.6 Å². The van der Waals surface area contributed by atoms with Gasteiger partial charge in [-0.15, -0.1) is 0 Å². The summed E-state index contributed by atoms with van der Waals surface area (Å²) in [6.07, 6.45) is 0. The molecule has 0 atom stereocenters. The summed E-state index contributed by atoms with van der Waals surface area (Å²) in [4.78, 5) is 14.9. The van der Waals surface area contributed by atoms with E-state index in [1.165, 1.54) is 6.07 Å². The molecule has 0 spiro atoms. The second kappa shape index (κ2) is 3.52. The molecule has 82 valence electrons. The molecule has 1 N–H and O–H groups in total. The van der Waals surface area contributed by atoms with Gasteiger partial charge in [0.25, 0.3) is 0 Å². The molecule has 0 unspecified atom stereocenters. The van der Waals surface area contributed by atoms with E-state index < -0.39 is 17.6 Å². The van der Waals surface area contributed by atoms with Crippen LogP contribution in [0.25, 0.3) is 10.9 Å². The predicted octanol–water partition coefficient (Wildman–Crippen LogP) is 2.52. The Morgan fingerprint density at radius 1 is 1.25 bits per heavy atom. The third-order valence-electron chi connectivity index (χ3n) is 2.21. The van der Waals surface area contributed by atoms with E-state index in [0.29, 0.717) is 5.69 Å². The van der Waals surface area contributed by atoms with Gasteiger partial charge in [0.15, 0.2) is 11.6 Å². The Kier molecular flexibility index (Phi) is 2.30. The summed E-state index contributed by atoms with van der Waals surface area (Å²) < 4.78 is 25.9. The maximum absolute atomic E-state index is 13.0. The monoisotopic (exact) mass is 223 g/mol. The summed E-state index contributed by atoms with van der Waals surface area (Å²) in [7, 11) is 0. The van der Waals surface area contributed by atoms with E-state index in [1.807, 2.05) is 0 Å². The quantitative estimate of drug-likeness (QED) is 0.808. The Morgan fingerprint density at radius 3 is 2.50 bits per heavy atom. The lowest BCUT2D eigenvalue weighted by Gasteiger charge is -2.04. The highest BCUT2D eigenvalue weighted by Gasteiger charge is 2.13. The maximum Gasteiger partial charge on any atom is 0.336 e. The predicted molar refractivity (Wildman–Crippen MR) is 53.4 cm³/mol. The Labute approximate surface area is 89.3 Å². The van der Waals surface area contributed by atoms with Crippen LogP contribution >= 0.6 is 0 Å². The number of carbonyl (C=O) groups is 1. The highest BCUT2D eigenvalue weighted by molar-refractivity contribution is 6.02. The van der Waals surface area contributed by atoms with Crippen molar-refractivity contribution < 1.29 is 18.7 Å². The molecule has 0 aliphatic carbocycles. The Balaban J connectivity index is 2.90. The van der Waals surface area contributed by atoms with Crippen molar-refractivity contribution in [2.75, 3.05) is 0 Å². The molecule has 0 fully saturated rings. The van der Waals surface area contributed by atoms with Gasteiger partial charge in [0.05, 0.1) is 11.1 Å². The van der Waals surface area contributed by atoms with Crippen LogP contribution in [0.5, 0.6) is 0 Å². The first-order valence-electron chi connectivity index (χ1n) is 4.48. The molecular formula is C11H7F2NO2. The molecule has 0 amide bonds. The fraction of sp³-hybridized carbons (Fsp3) is 0.0909. The first-order valence-corrected chi connectivity index (χ1v) is 4.48. The lowest BCUT2D eigenvalue weighted by molar-refractivity contribution is 0.0699. The van der Waals surface area contributed by atoms with Crippen LogP contribution in [-0.2, 0) is 0 Å².